The molecular weight excluding hydrogens is 314 g/mol. The molecule has 0 heterocycles. The van der Waals surface area contributed by atoms with Gasteiger partial charge in [0.15, 0.2) is 0 Å². The third kappa shape index (κ3) is 11.5. The lowest BCUT2D eigenvalue weighted by molar-refractivity contribution is 0.0474. The highest BCUT2D eigenvalue weighted by molar-refractivity contribution is 7.54. The lowest BCUT2D eigenvalue weighted by Gasteiger charge is -2.36. The van der Waals surface area contributed by atoms with Crippen LogP contribution in [0.1, 0.15) is 41.5 Å². The first kappa shape index (κ1) is 21.3. The topological polar surface area (TPSA) is 93.1 Å². The molecule has 0 unspecified atom stereocenters. The van der Waals surface area contributed by atoms with Crippen LogP contribution in [0.3, 0.4) is 0 Å². The summed E-state index contributed by atoms with van der Waals surface area (Å²) in [6, 6.07) is 0. The highest BCUT2D eigenvalue weighted by Crippen LogP contribution is 2.59. The summed E-state index contributed by atoms with van der Waals surface area (Å²) in [6.45, 7) is 17.7. The van der Waals surface area contributed by atoms with Crippen LogP contribution in [0.2, 0.25) is 0 Å². The van der Waals surface area contributed by atoms with Gasteiger partial charge in [-0.05, 0) is 60.8 Å². The van der Waals surface area contributed by atoms with Crippen molar-refractivity contribution in [1.29, 1.82) is 0 Å². The van der Waals surface area contributed by atoms with Crippen LogP contribution >= 0.6 is 15.2 Å². The van der Waals surface area contributed by atoms with Crippen molar-refractivity contribution in [3.63, 3.8) is 0 Å². The quantitative estimate of drug-likeness (QED) is 0.716. The molecule has 0 aliphatic carbocycles. The van der Waals surface area contributed by atoms with Gasteiger partial charge in [0.05, 0.1) is 23.5 Å². The predicted molar refractivity (Wildman–Crippen MR) is 84.2 cm³/mol. The Kier molecular flexibility index (Phi) is 6.52. The minimum absolute atomic E-state index is 0.278. The van der Waals surface area contributed by atoms with Gasteiger partial charge < -0.3 is 18.8 Å². The first-order chi connectivity index (χ1) is 8.83. The smallest absolute Gasteiger partial charge is 0.324 e. The number of rotatable bonds is 6. The molecule has 0 fully saturated rings. The van der Waals surface area contributed by atoms with E-state index in [1.165, 1.54) is 0 Å². The van der Waals surface area contributed by atoms with Crippen LogP contribution in [0.25, 0.3) is 0 Å². The molecule has 0 saturated carbocycles. The highest BCUT2D eigenvalue weighted by Gasteiger charge is 2.42. The molecule has 0 aliphatic heterocycles. The molecule has 0 amide bonds. The lowest BCUT2D eigenvalue weighted by atomic mass is 10.0. The van der Waals surface area contributed by atoms with E-state index in [4.69, 9.17) is 18.8 Å². The summed E-state index contributed by atoms with van der Waals surface area (Å²) in [4.78, 5) is 18.2. The van der Waals surface area contributed by atoms with Crippen LogP contribution in [0.5, 0.6) is 0 Å². The maximum atomic E-state index is 13.0. The maximum absolute atomic E-state index is 13.0. The molecule has 8 heteroatoms. The first-order valence-electron chi connectivity index (χ1n) is 6.59. The van der Waals surface area contributed by atoms with Crippen molar-refractivity contribution in [1.82, 2.24) is 0 Å². The van der Waals surface area contributed by atoms with Crippen LogP contribution in [-0.4, -0.2) is 33.3 Å². The summed E-state index contributed by atoms with van der Waals surface area (Å²) >= 11 is 0. The van der Waals surface area contributed by atoms with Crippen molar-refractivity contribution < 1.29 is 28.0 Å². The van der Waals surface area contributed by atoms with Crippen molar-refractivity contribution in [2.75, 3.05) is 12.3 Å². The van der Waals surface area contributed by atoms with Crippen molar-refractivity contribution in [2.45, 2.75) is 52.7 Å². The van der Waals surface area contributed by atoms with Gasteiger partial charge in [-0.1, -0.05) is 0 Å². The van der Waals surface area contributed by atoms with Crippen LogP contribution in [-0.2, 0) is 18.2 Å². The van der Waals surface area contributed by atoms with E-state index in [0.717, 1.165) is 0 Å². The molecule has 2 radical (unpaired) electrons. The van der Waals surface area contributed by atoms with Gasteiger partial charge in [-0.25, -0.2) is 0 Å². The van der Waals surface area contributed by atoms with Gasteiger partial charge in [0.1, 0.15) is 0 Å². The van der Waals surface area contributed by atoms with E-state index >= 15 is 0 Å². The number of hydrogen-bond acceptors (Lipinski definition) is 4. The molecule has 126 valence electrons. The Morgan fingerprint density at radius 3 is 1.43 bits per heavy atom. The molecule has 0 atom stereocenters. The van der Waals surface area contributed by atoms with Gasteiger partial charge in [-0.15, -0.1) is 0 Å². The summed E-state index contributed by atoms with van der Waals surface area (Å²) in [5.41, 5.74) is -2.84. The standard InChI is InChI=1S/C13H28O6P2/c1-11(2,3)18-21(17,19-12(4,5)6)10-13(7,8)9-20(14,15)16/h7-10H2,1-6H3,(H2,14,15,16). The summed E-state index contributed by atoms with van der Waals surface area (Å²) in [5, 5.41) is 0. The zero-order chi connectivity index (χ0) is 17.3. The SMILES string of the molecule is [CH2]C([CH2])(CP(=O)(O)O)CP(=O)(OC(C)(C)C)OC(C)(C)C. The lowest BCUT2D eigenvalue weighted by Crippen LogP contribution is -2.30. The van der Waals surface area contributed by atoms with Crippen molar-refractivity contribution in [3.8, 4) is 0 Å². The Labute approximate surface area is 128 Å². The fourth-order valence-electron chi connectivity index (χ4n) is 1.82. The van der Waals surface area contributed by atoms with E-state index in [-0.39, 0.29) is 6.16 Å². The first-order valence-corrected chi connectivity index (χ1v) is 10.1. The molecule has 0 spiro atoms. The third-order valence-corrected chi connectivity index (χ3v) is 5.69. The average molecular weight is 342 g/mol. The van der Waals surface area contributed by atoms with E-state index in [1.807, 2.05) is 0 Å². The van der Waals surface area contributed by atoms with E-state index in [1.54, 1.807) is 41.5 Å². The fourth-order valence-corrected chi connectivity index (χ4v) is 5.75. The van der Waals surface area contributed by atoms with E-state index < -0.39 is 38.0 Å². The molecule has 0 saturated heterocycles. The maximum Gasteiger partial charge on any atom is 0.332 e. The minimum atomic E-state index is -4.33. The van der Waals surface area contributed by atoms with Crippen LogP contribution in [0.4, 0.5) is 0 Å². The Bertz CT molecular complexity index is 419. The zero-order valence-corrected chi connectivity index (χ0v) is 15.5. The molecular formula is C13H28O6P2. The molecule has 0 aromatic heterocycles. The molecule has 0 rings (SSSR count). The Morgan fingerprint density at radius 2 is 1.19 bits per heavy atom. The summed E-state index contributed by atoms with van der Waals surface area (Å²) < 4.78 is 35.2. The zero-order valence-electron chi connectivity index (χ0n) is 13.8. The largest absolute Gasteiger partial charge is 0.332 e. The Balaban J connectivity index is 5.34. The van der Waals surface area contributed by atoms with Crippen LogP contribution < -0.4 is 0 Å². The second-order valence-electron chi connectivity index (χ2n) is 7.50. The predicted octanol–water partition coefficient (Wildman–Crippen LogP) is 3.64. The monoisotopic (exact) mass is 342 g/mol. The van der Waals surface area contributed by atoms with Gasteiger partial charge in [0, 0.05) is 0 Å². The summed E-state index contributed by atoms with van der Waals surface area (Å²) in [7, 11) is -7.97. The summed E-state index contributed by atoms with van der Waals surface area (Å²) in [5.74, 6) is 0. The van der Waals surface area contributed by atoms with Crippen molar-refractivity contribution in [2.24, 2.45) is 5.41 Å². The normalized spacial score (nSPS) is 15.3. The fraction of sp³-hybridized carbons (Fsp3) is 0.846. The van der Waals surface area contributed by atoms with Crippen LogP contribution in [0.15, 0.2) is 0 Å². The Hall–Kier alpha value is 0.300. The molecule has 0 aromatic rings. The van der Waals surface area contributed by atoms with E-state index in [9.17, 15) is 9.13 Å². The van der Waals surface area contributed by atoms with E-state index in [2.05, 4.69) is 13.8 Å². The van der Waals surface area contributed by atoms with Crippen LogP contribution in [0, 0.1) is 19.3 Å². The van der Waals surface area contributed by atoms with Gasteiger partial charge >= 0.3 is 15.2 Å². The van der Waals surface area contributed by atoms with Crippen molar-refractivity contribution in [3.05, 3.63) is 13.8 Å². The number of hydrogen-bond donors (Lipinski definition) is 2. The van der Waals surface area contributed by atoms with E-state index in [0.29, 0.717) is 0 Å². The average Bonchev–Trinajstić information content (AvgIpc) is 1.83. The van der Waals surface area contributed by atoms with Gasteiger partial charge in [-0.2, -0.15) is 0 Å². The third-order valence-electron chi connectivity index (χ3n) is 1.90. The van der Waals surface area contributed by atoms with Gasteiger partial charge in [-0.3, -0.25) is 9.13 Å². The second kappa shape index (κ2) is 6.43. The van der Waals surface area contributed by atoms with Gasteiger partial charge in [0.2, 0.25) is 0 Å². The second-order valence-corrected chi connectivity index (χ2v) is 11.0. The molecule has 21 heavy (non-hydrogen) atoms. The van der Waals surface area contributed by atoms with Gasteiger partial charge in [0.25, 0.3) is 0 Å². The van der Waals surface area contributed by atoms with Crippen molar-refractivity contribution >= 4 is 15.2 Å². The highest BCUT2D eigenvalue weighted by atomic mass is 31.2. The molecule has 6 nitrogen and oxygen atoms in total. The summed E-state index contributed by atoms with van der Waals surface area (Å²) in [6.07, 6.45) is -0.870. The molecule has 0 aromatic carbocycles. The Morgan fingerprint density at radius 1 is 0.857 bits per heavy atom. The molecule has 0 aliphatic rings. The molecule has 2 N–H and O–H groups in total. The molecule has 0 bridgehead atoms. The minimum Gasteiger partial charge on any atom is -0.324 e.